The van der Waals surface area contributed by atoms with Gasteiger partial charge in [0.15, 0.2) is 0 Å². The van der Waals surface area contributed by atoms with Crippen LogP contribution < -0.4 is 4.90 Å². The van der Waals surface area contributed by atoms with Crippen molar-refractivity contribution in [2.75, 3.05) is 38.6 Å². The molecule has 3 aliphatic rings. The maximum atomic E-state index is 13.8. The second kappa shape index (κ2) is 8.26. The lowest BCUT2D eigenvalue weighted by atomic mass is 9.78. The Hall–Kier alpha value is -1.60. The van der Waals surface area contributed by atoms with Crippen LogP contribution in [0.3, 0.4) is 0 Å². The summed E-state index contributed by atoms with van der Waals surface area (Å²) in [6, 6.07) is 5.43. The monoisotopic (exact) mass is 419 g/mol. The van der Waals surface area contributed by atoms with Crippen molar-refractivity contribution in [3.05, 3.63) is 23.8 Å². The molecule has 6 nitrogen and oxygen atoms in total. The first-order chi connectivity index (χ1) is 13.9. The number of sulfonamides is 1. The topological polar surface area (TPSA) is 60.9 Å². The number of benzene rings is 1. The van der Waals surface area contributed by atoms with E-state index in [1.807, 2.05) is 6.07 Å². The van der Waals surface area contributed by atoms with Crippen molar-refractivity contribution in [1.29, 1.82) is 0 Å². The molecule has 2 saturated heterocycles. The van der Waals surface area contributed by atoms with Gasteiger partial charge in [0, 0.05) is 45.5 Å². The number of carbonyl (C=O) groups is 1. The molecule has 0 aromatic heterocycles. The third kappa shape index (κ3) is 3.91. The number of anilines is 1. The first kappa shape index (κ1) is 20.7. The van der Waals surface area contributed by atoms with Crippen LogP contribution in [0.2, 0.25) is 0 Å². The van der Waals surface area contributed by atoms with Gasteiger partial charge < -0.3 is 9.80 Å². The van der Waals surface area contributed by atoms with Gasteiger partial charge in [-0.25, -0.2) is 12.7 Å². The molecular formula is C22H33N3O3S. The molecule has 3 fully saturated rings. The first-order valence-corrected chi connectivity index (χ1v) is 12.5. The number of nitrogens with zero attached hydrogens (tertiary/aromatic N) is 3. The van der Waals surface area contributed by atoms with Crippen LogP contribution in [0.15, 0.2) is 23.1 Å². The van der Waals surface area contributed by atoms with Crippen LogP contribution in [-0.4, -0.2) is 63.3 Å². The average Bonchev–Trinajstić information content (AvgIpc) is 3.27. The van der Waals surface area contributed by atoms with Crippen LogP contribution in [0.1, 0.15) is 61.7 Å². The van der Waals surface area contributed by atoms with Gasteiger partial charge in [-0.05, 0) is 62.6 Å². The highest BCUT2D eigenvalue weighted by atomic mass is 32.2. The number of rotatable bonds is 4. The number of carbonyl (C=O) groups excluding carboxylic acids is 1. The molecule has 4 rings (SSSR count). The number of piperidine rings is 1. The fourth-order valence-electron chi connectivity index (χ4n) is 5.32. The zero-order valence-corrected chi connectivity index (χ0v) is 18.5. The number of hydrogen-bond donors (Lipinski definition) is 0. The largest absolute Gasteiger partial charge is 0.371 e. The fraction of sp³-hybridized carbons (Fsp3) is 0.682. The highest BCUT2D eigenvalue weighted by Crippen LogP contribution is 2.37. The molecule has 0 N–H and O–H groups in total. The number of likely N-dealkylation sites (tertiary alicyclic amines) is 1. The Labute approximate surface area is 174 Å². The van der Waals surface area contributed by atoms with Gasteiger partial charge in [0.25, 0.3) is 5.91 Å². The summed E-state index contributed by atoms with van der Waals surface area (Å²) in [7, 11) is -0.523. The number of fused-ring (bicyclic) bond motifs is 1. The van der Waals surface area contributed by atoms with E-state index in [2.05, 4.69) is 9.80 Å². The lowest BCUT2D eigenvalue weighted by molar-refractivity contribution is 0.0391. The molecule has 1 aromatic carbocycles. The Bertz CT molecular complexity index is 860. The van der Waals surface area contributed by atoms with Gasteiger partial charge in [-0.3, -0.25) is 4.79 Å². The summed E-state index contributed by atoms with van der Waals surface area (Å²) in [6.07, 6.45) is 9.20. The van der Waals surface area contributed by atoms with Gasteiger partial charge in [0.05, 0.1) is 10.5 Å². The minimum Gasteiger partial charge on any atom is -0.371 e. The van der Waals surface area contributed by atoms with Crippen LogP contribution in [0.5, 0.6) is 0 Å². The van der Waals surface area contributed by atoms with Gasteiger partial charge in [-0.15, -0.1) is 0 Å². The first-order valence-electron chi connectivity index (χ1n) is 11.0. The maximum absolute atomic E-state index is 13.8. The number of hydrogen-bond acceptors (Lipinski definition) is 4. The summed E-state index contributed by atoms with van der Waals surface area (Å²) >= 11 is 0. The van der Waals surface area contributed by atoms with E-state index in [1.165, 1.54) is 44.1 Å². The zero-order valence-electron chi connectivity index (χ0n) is 17.6. The Morgan fingerprint density at radius 1 is 0.966 bits per heavy atom. The molecule has 1 aliphatic carbocycles. The lowest BCUT2D eigenvalue weighted by Gasteiger charge is -2.44. The van der Waals surface area contributed by atoms with Gasteiger partial charge in [0.1, 0.15) is 0 Å². The van der Waals surface area contributed by atoms with Crippen LogP contribution in [0, 0.1) is 5.92 Å². The second-order valence-corrected chi connectivity index (χ2v) is 11.1. The molecule has 0 bridgehead atoms. The van der Waals surface area contributed by atoms with Crippen LogP contribution in [-0.2, 0) is 10.0 Å². The predicted octanol–water partition coefficient (Wildman–Crippen LogP) is 3.33. The molecule has 0 unspecified atom stereocenters. The summed E-state index contributed by atoms with van der Waals surface area (Å²) in [5, 5.41) is 0. The highest BCUT2D eigenvalue weighted by Gasteiger charge is 2.37. The van der Waals surface area contributed by atoms with Gasteiger partial charge in [0.2, 0.25) is 10.0 Å². The Balaban J connectivity index is 1.73. The van der Waals surface area contributed by atoms with Crippen molar-refractivity contribution in [3.63, 3.8) is 0 Å². The van der Waals surface area contributed by atoms with E-state index in [-0.39, 0.29) is 10.8 Å². The predicted molar refractivity (Wildman–Crippen MR) is 115 cm³/mol. The van der Waals surface area contributed by atoms with E-state index in [9.17, 15) is 13.2 Å². The lowest BCUT2D eigenvalue weighted by Crippen LogP contribution is -2.50. The summed E-state index contributed by atoms with van der Waals surface area (Å²) in [4.78, 5) is 18.3. The third-order valence-electron chi connectivity index (χ3n) is 6.93. The molecule has 1 saturated carbocycles. The summed E-state index contributed by atoms with van der Waals surface area (Å²) < 4.78 is 26.7. The van der Waals surface area contributed by atoms with Crippen molar-refractivity contribution < 1.29 is 13.2 Å². The molecule has 7 heteroatoms. The van der Waals surface area contributed by atoms with Crippen molar-refractivity contribution >= 4 is 21.6 Å². The number of amides is 1. The van der Waals surface area contributed by atoms with E-state index in [4.69, 9.17) is 0 Å². The van der Waals surface area contributed by atoms with Crippen molar-refractivity contribution in [2.24, 2.45) is 5.92 Å². The molecule has 0 radical (unpaired) electrons. The Kier molecular flexibility index (Phi) is 5.89. The van der Waals surface area contributed by atoms with E-state index in [0.717, 1.165) is 51.0 Å². The highest BCUT2D eigenvalue weighted by molar-refractivity contribution is 7.89. The smallest absolute Gasteiger partial charge is 0.256 e. The standard InChI is InChI=1S/C22H33N3O3S/c1-23(2)29(27,28)18-11-12-21(24-13-5-6-14-24)19(16-18)22(26)25-15-7-9-17-8-3-4-10-20(17)25/h11-12,16-17,20H,3-10,13-15H2,1-2H3/t17-,20-/m1/s1. The van der Waals surface area contributed by atoms with Gasteiger partial charge >= 0.3 is 0 Å². The molecule has 160 valence electrons. The van der Waals surface area contributed by atoms with Crippen LogP contribution in [0.25, 0.3) is 0 Å². The Morgan fingerprint density at radius 2 is 1.66 bits per heavy atom. The van der Waals surface area contributed by atoms with E-state index >= 15 is 0 Å². The Morgan fingerprint density at radius 3 is 2.38 bits per heavy atom. The second-order valence-electron chi connectivity index (χ2n) is 8.91. The molecule has 0 spiro atoms. The molecule has 1 amide bonds. The molecule has 1 aromatic rings. The minimum absolute atomic E-state index is 0.0132. The molecule has 29 heavy (non-hydrogen) atoms. The van der Waals surface area contributed by atoms with Crippen LogP contribution >= 0.6 is 0 Å². The SMILES string of the molecule is CN(C)S(=O)(=O)c1ccc(N2CCCC2)c(C(=O)N2CCC[C@H]3CCCC[C@H]32)c1. The van der Waals surface area contributed by atoms with E-state index in [0.29, 0.717) is 17.5 Å². The van der Waals surface area contributed by atoms with Gasteiger partial charge in [-0.1, -0.05) is 12.8 Å². The fourth-order valence-corrected chi connectivity index (χ4v) is 6.25. The molecule has 2 heterocycles. The van der Waals surface area contributed by atoms with Crippen molar-refractivity contribution in [3.8, 4) is 0 Å². The molecule has 2 aliphatic heterocycles. The van der Waals surface area contributed by atoms with Crippen LogP contribution in [0.4, 0.5) is 5.69 Å². The summed E-state index contributed by atoms with van der Waals surface area (Å²) in [6.45, 7) is 2.63. The van der Waals surface area contributed by atoms with E-state index < -0.39 is 10.0 Å². The summed E-state index contributed by atoms with van der Waals surface area (Å²) in [5.74, 6) is 0.615. The average molecular weight is 420 g/mol. The van der Waals surface area contributed by atoms with Crippen molar-refractivity contribution in [1.82, 2.24) is 9.21 Å². The minimum atomic E-state index is -3.58. The quantitative estimate of drug-likeness (QED) is 0.751. The van der Waals surface area contributed by atoms with Gasteiger partial charge in [-0.2, -0.15) is 0 Å². The molecular weight excluding hydrogens is 386 g/mol. The third-order valence-corrected chi connectivity index (χ3v) is 8.74. The van der Waals surface area contributed by atoms with E-state index in [1.54, 1.807) is 12.1 Å². The summed E-state index contributed by atoms with van der Waals surface area (Å²) in [5.41, 5.74) is 1.45. The zero-order chi connectivity index (χ0) is 20.6. The van der Waals surface area contributed by atoms with Crippen molar-refractivity contribution in [2.45, 2.75) is 62.3 Å². The normalized spacial score (nSPS) is 25.3. The maximum Gasteiger partial charge on any atom is 0.256 e. The molecule has 2 atom stereocenters.